The van der Waals surface area contributed by atoms with Gasteiger partial charge >= 0.3 is 0 Å². The van der Waals surface area contributed by atoms with Crippen molar-refractivity contribution in [2.24, 2.45) is 10.9 Å². The number of nitrogens with zero attached hydrogens (tertiary/aromatic N) is 2. The second kappa shape index (κ2) is 13.2. The lowest BCUT2D eigenvalue weighted by molar-refractivity contribution is 0.0179. The zero-order valence-corrected chi connectivity index (χ0v) is 20.8. The monoisotopic (exact) mass is 532 g/mol. The third kappa shape index (κ3) is 7.46. The number of aliphatic imine (C=N–C) groups is 1. The van der Waals surface area contributed by atoms with Crippen LogP contribution in [0.1, 0.15) is 37.8 Å². The van der Waals surface area contributed by atoms with Gasteiger partial charge in [-0.05, 0) is 37.0 Å². The minimum Gasteiger partial charge on any atom is -0.493 e. The maximum Gasteiger partial charge on any atom is 0.191 e. The first-order valence-corrected chi connectivity index (χ1v) is 10.8. The molecule has 1 aliphatic carbocycles. The summed E-state index contributed by atoms with van der Waals surface area (Å²) in [5, 5.41) is 6.87. The quantitative estimate of drug-likeness (QED) is 0.275. The van der Waals surface area contributed by atoms with Crippen LogP contribution in [0, 0.1) is 5.92 Å². The van der Waals surface area contributed by atoms with Gasteiger partial charge < -0.3 is 24.8 Å². The second-order valence-electron chi connectivity index (χ2n) is 7.66. The highest BCUT2D eigenvalue weighted by Crippen LogP contribution is 2.33. The molecule has 8 heteroatoms. The predicted molar refractivity (Wildman–Crippen MR) is 131 cm³/mol. The van der Waals surface area contributed by atoms with E-state index in [1.54, 1.807) is 14.2 Å². The van der Waals surface area contributed by atoms with E-state index in [2.05, 4.69) is 34.6 Å². The van der Waals surface area contributed by atoms with Crippen LogP contribution in [0.3, 0.4) is 0 Å². The number of ether oxygens (including phenoxy) is 3. The molecule has 0 amide bonds. The summed E-state index contributed by atoms with van der Waals surface area (Å²) in [4.78, 5) is 7.37. The molecule has 1 aromatic rings. The Bertz CT molecular complexity index is 664. The summed E-state index contributed by atoms with van der Waals surface area (Å²) in [6, 6.07) is 6.33. The lowest BCUT2D eigenvalue weighted by Gasteiger charge is -2.34. The standard InChI is InChI=1S/C22H36N4O3.HI/c1-4-23-22(24-10-9-17-5-6-17)25-16-19(26-11-13-29-14-12-26)18-7-8-20(27-2)21(15-18)28-3;/h7-8,15,17,19H,4-6,9-14,16H2,1-3H3,(H2,23,24,25);1H. The molecule has 1 heterocycles. The number of benzene rings is 1. The van der Waals surface area contributed by atoms with E-state index in [1.807, 2.05) is 6.07 Å². The fraction of sp³-hybridized carbons (Fsp3) is 0.682. The van der Waals surface area contributed by atoms with Gasteiger partial charge in [-0.25, -0.2) is 0 Å². The van der Waals surface area contributed by atoms with E-state index in [4.69, 9.17) is 19.2 Å². The summed E-state index contributed by atoms with van der Waals surface area (Å²) >= 11 is 0. The molecule has 3 rings (SSSR count). The number of halogens is 1. The van der Waals surface area contributed by atoms with Gasteiger partial charge in [-0.15, -0.1) is 24.0 Å². The molecule has 2 N–H and O–H groups in total. The van der Waals surface area contributed by atoms with E-state index in [0.717, 1.165) is 62.8 Å². The zero-order chi connectivity index (χ0) is 20.5. The predicted octanol–water partition coefficient (Wildman–Crippen LogP) is 3.05. The Hall–Kier alpha value is -1.26. The minimum atomic E-state index is 0. The van der Waals surface area contributed by atoms with Crippen molar-refractivity contribution in [2.75, 3.05) is 60.2 Å². The number of hydrogen-bond acceptors (Lipinski definition) is 5. The van der Waals surface area contributed by atoms with E-state index < -0.39 is 0 Å². The molecule has 2 fully saturated rings. The van der Waals surface area contributed by atoms with Crippen LogP contribution in [-0.2, 0) is 4.74 Å². The number of hydrogen-bond donors (Lipinski definition) is 2. The van der Waals surface area contributed by atoms with Gasteiger partial charge in [-0.1, -0.05) is 18.9 Å². The first-order valence-electron chi connectivity index (χ1n) is 10.8. The average molecular weight is 532 g/mol. The van der Waals surface area contributed by atoms with Crippen LogP contribution >= 0.6 is 24.0 Å². The zero-order valence-electron chi connectivity index (χ0n) is 18.5. The molecular weight excluding hydrogens is 495 g/mol. The van der Waals surface area contributed by atoms with Crippen molar-refractivity contribution >= 4 is 29.9 Å². The summed E-state index contributed by atoms with van der Waals surface area (Å²) < 4.78 is 16.5. The second-order valence-corrected chi connectivity index (χ2v) is 7.66. The lowest BCUT2D eigenvalue weighted by atomic mass is 10.0. The molecule has 7 nitrogen and oxygen atoms in total. The van der Waals surface area contributed by atoms with E-state index in [9.17, 15) is 0 Å². The fourth-order valence-corrected chi connectivity index (χ4v) is 3.70. The molecule has 1 aliphatic heterocycles. The molecular formula is C22H37IN4O3. The Morgan fingerprint density at radius 1 is 1.17 bits per heavy atom. The molecule has 1 saturated carbocycles. The van der Waals surface area contributed by atoms with Crippen molar-refractivity contribution in [3.63, 3.8) is 0 Å². The SMILES string of the molecule is CCNC(=NCC(c1ccc(OC)c(OC)c1)N1CCOCC1)NCCC1CC1.I. The summed E-state index contributed by atoms with van der Waals surface area (Å²) in [6.07, 6.45) is 3.99. The molecule has 0 bridgehead atoms. The smallest absolute Gasteiger partial charge is 0.191 e. The molecule has 0 spiro atoms. The van der Waals surface area contributed by atoms with Gasteiger partial charge in [0.1, 0.15) is 0 Å². The first kappa shape index (κ1) is 25.0. The van der Waals surface area contributed by atoms with Crippen molar-refractivity contribution in [1.29, 1.82) is 0 Å². The van der Waals surface area contributed by atoms with Crippen LogP contribution in [0.25, 0.3) is 0 Å². The summed E-state index contributed by atoms with van der Waals surface area (Å²) in [7, 11) is 3.34. The maximum absolute atomic E-state index is 5.57. The van der Waals surface area contributed by atoms with Crippen molar-refractivity contribution < 1.29 is 14.2 Å². The van der Waals surface area contributed by atoms with Crippen LogP contribution in [0.15, 0.2) is 23.2 Å². The Balaban J connectivity index is 0.00000320. The van der Waals surface area contributed by atoms with Gasteiger partial charge in [0.05, 0.1) is 40.0 Å². The molecule has 170 valence electrons. The fourth-order valence-electron chi connectivity index (χ4n) is 3.70. The normalized spacial score (nSPS) is 18.3. The van der Waals surface area contributed by atoms with E-state index >= 15 is 0 Å². The van der Waals surface area contributed by atoms with Crippen molar-refractivity contribution in [2.45, 2.75) is 32.2 Å². The number of methoxy groups -OCH3 is 2. The highest BCUT2D eigenvalue weighted by molar-refractivity contribution is 14.0. The molecule has 1 atom stereocenters. The Labute approximate surface area is 197 Å². The van der Waals surface area contributed by atoms with E-state index in [0.29, 0.717) is 6.54 Å². The lowest BCUT2D eigenvalue weighted by Crippen LogP contribution is -2.42. The minimum absolute atomic E-state index is 0. The van der Waals surface area contributed by atoms with Gasteiger partial charge in [-0.2, -0.15) is 0 Å². The topological polar surface area (TPSA) is 67.4 Å². The van der Waals surface area contributed by atoms with Crippen LogP contribution in [0.5, 0.6) is 11.5 Å². The van der Waals surface area contributed by atoms with Gasteiger partial charge in [0, 0.05) is 26.2 Å². The van der Waals surface area contributed by atoms with E-state index in [-0.39, 0.29) is 30.0 Å². The largest absolute Gasteiger partial charge is 0.493 e. The van der Waals surface area contributed by atoms with Gasteiger partial charge in [-0.3, -0.25) is 9.89 Å². The third-order valence-corrected chi connectivity index (χ3v) is 5.59. The Morgan fingerprint density at radius 2 is 1.90 bits per heavy atom. The van der Waals surface area contributed by atoms with Crippen LogP contribution < -0.4 is 20.1 Å². The summed E-state index contributed by atoms with van der Waals surface area (Å²) in [5.74, 6) is 3.31. The van der Waals surface area contributed by atoms with Crippen molar-refractivity contribution in [3.05, 3.63) is 23.8 Å². The Kier molecular flexibility index (Phi) is 11.0. The molecule has 2 aliphatic rings. The Morgan fingerprint density at radius 3 is 2.53 bits per heavy atom. The highest BCUT2D eigenvalue weighted by atomic mass is 127. The highest BCUT2D eigenvalue weighted by Gasteiger charge is 2.24. The van der Waals surface area contributed by atoms with Gasteiger partial charge in [0.2, 0.25) is 0 Å². The van der Waals surface area contributed by atoms with Crippen LogP contribution in [-0.4, -0.2) is 71.0 Å². The van der Waals surface area contributed by atoms with Crippen LogP contribution in [0.2, 0.25) is 0 Å². The number of rotatable bonds is 10. The summed E-state index contributed by atoms with van der Waals surface area (Å²) in [5.41, 5.74) is 1.18. The van der Waals surface area contributed by atoms with Gasteiger partial charge in [0.15, 0.2) is 17.5 Å². The molecule has 0 aromatic heterocycles. The summed E-state index contributed by atoms with van der Waals surface area (Å²) in [6.45, 7) is 7.93. The average Bonchev–Trinajstić information content (AvgIpc) is 3.59. The van der Waals surface area contributed by atoms with Crippen molar-refractivity contribution in [1.82, 2.24) is 15.5 Å². The van der Waals surface area contributed by atoms with Crippen molar-refractivity contribution in [3.8, 4) is 11.5 Å². The molecule has 0 radical (unpaired) electrons. The first-order chi connectivity index (χ1) is 14.2. The van der Waals surface area contributed by atoms with Gasteiger partial charge in [0.25, 0.3) is 0 Å². The van der Waals surface area contributed by atoms with E-state index in [1.165, 1.54) is 24.8 Å². The third-order valence-electron chi connectivity index (χ3n) is 5.59. The number of morpholine rings is 1. The van der Waals surface area contributed by atoms with Crippen LogP contribution in [0.4, 0.5) is 0 Å². The molecule has 1 unspecified atom stereocenters. The number of nitrogens with one attached hydrogen (secondary N) is 2. The molecule has 1 aromatic carbocycles. The molecule has 30 heavy (non-hydrogen) atoms. The number of guanidine groups is 1. The maximum atomic E-state index is 5.57. The molecule has 1 saturated heterocycles.